The Labute approximate surface area is 212 Å². The Hall–Kier alpha value is -3.87. The number of aryl methyl sites for hydroxylation is 1. The molecule has 1 unspecified atom stereocenters. The number of nitrogens with zero attached hydrogens (tertiary/aromatic N) is 2. The van der Waals surface area contributed by atoms with E-state index in [2.05, 4.69) is 70.5 Å². The lowest BCUT2D eigenvalue weighted by atomic mass is 9.73. The number of ketones is 1. The third-order valence-corrected chi connectivity index (χ3v) is 6.98. The van der Waals surface area contributed by atoms with Crippen molar-refractivity contribution in [2.75, 3.05) is 23.3 Å². The van der Waals surface area contributed by atoms with Gasteiger partial charge in [0, 0.05) is 42.5 Å². The molecule has 3 N–H and O–H groups in total. The van der Waals surface area contributed by atoms with Gasteiger partial charge >= 0.3 is 0 Å². The van der Waals surface area contributed by atoms with Crippen LogP contribution in [0.1, 0.15) is 49.6 Å². The summed E-state index contributed by atoms with van der Waals surface area (Å²) in [6.45, 7) is 6.97. The number of anilines is 2. The first-order valence-corrected chi connectivity index (χ1v) is 12.5. The van der Waals surface area contributed by atoms with E-state index in [1.165, 1.54) is 0 Å². The molecule has 0 bridgehead atoms. The third kappa shape index (κ3) is 4.91. The quantitative estimate of drug-likeness (QED) is 0.473. The highest BCUT2D eigenvalue weighted by Crippen LogP contribution is 2.48. The summed E-state index contributed by atoms with van der Waals surface area (Å²) in [5.74, 6) is 0.0471. The third-order valence-electron chi connectivity index (χ3n) is 6.98. The molecule has 186 valence electrons. The van der Waals surface area contributed by atoms with Crippen molar-refractivity contribution in [3.63, 3.8) is 0 Å². The van der Waals surface area contributed by atoms with Crippen molar-refractivity contribution >= 4 is 23.1 Å². The van der Waals surface area contributed by atoms with E-state index in [9.17, 15) is 9.59 Å². The van der Waals surface area contributed by atoms with Crippen LogP contribution in [0.2, 0.25) is 0 Å². The number of hydrogen-bond acceptors (Lipinski definition) is 5. The molecule has 0 spiro atoms. The summed E-state index contributed by atoms with van der Waals surface area (Å²) in [4.78, 5) is 36.1. The summed E-state index contributed by atoms with van der Waals surface area (Å²) in [6, 6.07) is 15.9. The van der Waals surface area contributed by atoms with Gasteiger partial charge in [0.25, 0.3) is 0 Å². The first-order valence-electron chi connectivity index (χ1n) is 12.5. The number of fused-ring (bicyclic) bond motifs is 1. The van der Waals surface area contributed by atoms with Crippen LogP contribution in [-0.2, 0) is 16.0 Å². The van der Waals surface area contributed by atoms with Crippen LogP contribution in [0.4, 0.5) is 11.4 Å². The monoisotopic (exact) mass is 483 g/mol. The van der Waals surface area contributed by atoms with Gasteiger partial charge in [-0.25, -0.2) is 4.98 Å². The van der Waals surface area contributed by atoms with E-state index in [0.717, 1.165) is 45.9 Å². The van der Waals surface area contributed by atoms with Crippen molar-refractivity contribution in [1.82, 2.24) is 15.3 Å². The molecule has 3 aromatic rings. The van der Waals surface area contributed by atoms with Crippen LogP contribution < -0.4 is 15.5 Å². The number of rotatable bonds is 6. The SMILES string of the molecule is Cc1ccc(C2C3=C(CC(C)(C)CC3=O)Nc3ccccc3N2CC(=O)NCCc2cnc[nH]2)cc1. The molecule has 1 amide bonds. The maximum atomic E-state index is 13.7. The molecule has 0 fully saturated rings. The van der Waals surface area contributed by atoms with Gasteiger partial charge in [-0.05, 0) is 36.5 Å². The number of hydrogen-bond donors (Lipinski definition) is 3. The van der Waals surface area contributed by atoms with Crippen molar-refractivity contribution in [2.24, 2.45) is 5.41 Å². The van der Waals surface area contributed by atoms with Crippen molar-refractivity contribution in [1.29, 1.82) is 0 Å². The molecular weight excluding hydrogens is 450 g/mol. The number of benzene rings is 2. The van der Waals surface area contributed by atoms with Crippen molar-refractivity contribution in [3.05, 3.63) is 89.1 Å². The highest BCUT2D eigenvalue weighted by atomic mass is 16.2. The van der Waals surface area contributed by atoms with Crippen LogP contribution >= 0.6 is 0 Å². The smallest absolute Gasteiger partial charge is 0.239 e. The standard InChI is InChI=1S/C29H33N5O2/c1-19-8-10-20(11-9-19)28-27-23(14-29(2,3)15-25(27)35)33-22-6-4-5-7-24(22)34(28)17-26(36)31-13-12-21-16-30-18-32-21/h4-11,16,18,28,33H,12-15,17H2,1-3H3,(H,30,32)(H,31,36). The average molecular weight is 484 g/mol. The minimum Gasteiger partial charge on any atom is -0.357 e. The zero-order valence-corrected chi connectivity index (χ0v) is 21.1. The molecule has 1 aromatic heterocycles. The second-order valence-corrected chi connectivity index (χ2v) is 10.6. The summed E-state index contributed by atoms with van der Waals surface area (Å²) in [7, 11) is 0. The molecule has 7 heteroatoms. The number of nitrogens with one attached hydrogen (secondary N) is 3. The number of aromatic amines is 1. The minimum absolute atomic E-state index is 0.0888. The maximum absolute atomic E-state index is 13.7. The number of carbonyl (C=O) groups is 2. The number of carbonyl (C=O) groups excluding carboxylic acids is 2. The second-order valence-electron chi connectivity index (χ2n) is 10.6. The fourth-order valence-electron chi connectivity index (χ4n) is 5.29. The predicted molar refractivity (Wildman–Crippen MR) is 142 cm³/mol. The fourth-order valence-corrected chi connectivity index (χ4v) is 5.29. The van der Waals surface area contributed by atoms with E-state index in [1.54, 1.807) is 12.5 Å². The van der Waals surface area contributed by atoms with Crippen LogP contribution in [0, 0.1) is 12.3 Å². The Morgan fingerprint density at radius 3 is 2.67 bits per heavy atom. The largest absolute Gasteiger partial charge is 0.357 e. The van der Waals surface area contributed by atoms with E-state index < -0.39 is 0 Å². The Kier molecular flexibility index (Phi) is 6.39. The van der Waals surface area contributed by atoms with E-state index in [1.807, 2.05) is 24.3 Å². The molecule has 36 heavy (non-hydrogen) atoms. The number of allylic oxidation sites excluding steroid dienone is 1. The molecule has 2 aromatic carbocycles. The highest BCUT2D eigenvalue weighted by Gasteiger charge is 2.41. The van der Waals surface area contributed by atoms with Gasteiger partial charge in [-0.3, -0.25) is 9.59 Å². The summed E-state index contributed by atoms with van der Waals surface area (Å²) >= 11 is 0. The topological polar surface area (TPSA) is 90.1 Å². The Morgan fingerprint density at radius 1 is 1.14 bits per heavy atom. The highest BCUT2D eigenvalue weighted by molar-refractivity contribution is 6.01. The molecule has 1 aliphatic carbocycles. The van der Waals surface area contributed by atoms with Crippen molar-refractivity contribution in [2.45, 2.75) is 46.1 Å². The Balaban J connectivity index is 1.54. The molecule has 0 saturated carbocycles. The molecule has 0 radical (unpaired) electrons. The van der Waals surface area contributed by atoms with E-state index >= 15 is 0 Å². The molecule has 2 aliphatic rings. The van der Waals surface area contributed by atoms with E-state index in [-0.39, 0.29) is 29.7 Å². The molecular formula is C29H33N5O2. The number of aromatic nitrogens is 2. The number of para-hydroxylation sites is 2. The van der Waals surface area contributed by atoms with Gasteiger partial charge in [-0.15, -0.1) is 0 Å². The lowest BCUT2D eigenvalue weighted by Gasteiger charge is -2.38. The summed E-state index contributed by atoms with van der Waals surface area (Å²) in [5, 5.41) is 6.65. The molecule has 1 aliphatic heterocycles. The maximum Gasteiger partial charge on any atom is 0.239 e. The predicted octanol–water partition coefficient (Wildman–Crippen LogP) is 4.69. The summed E-state index contributed by atoms with van der Waals surface area (Å²) in [5.41, 5.74) is 6.54. The van der Waals surface area contributed by atoms with Crippen molar-refractivity contribution in [3.8, 4) is 0 Å². The molecule has 1 atom stereocenters. The molecule has 2 heterocycles. The fraction of sp³-hybridized carbons (Fsp3) is 0.345. The molecule has 5 rings (SSSR count). The first-order chi connectivity index (χ1) is 17.3. The van der Waals surface area contributed by atoms with Gasteiger partial charge in [-0.2, -0.15) is 0 Å². The number of Topliss-reactive ketones (excluding diaryl/α,β-unsaturated/α-hetero) is 1. The van der Waals surface area contributed by atoms with Crippen LogP contribution in [0.3, 0.4) is 0 Å². The van der Waals surface area contributed by atoms with Gasteiger partial charge in [0.15, 0.2) is 5.78 Å². The average Bonchev–Trinajstić information content (AvgIpc) is 3.30. The Morgan fingerprint density at radius 2 is 1.92 bits per heavy atom. The van der Waals surface area contributed by atoms with Crippen LogP contribution in [0.25, 0.3) is 0 Å². The van der Waals surface area contributed by atoms with Gasteiger partial charge in [0.2, 0.25) is 5.91 Å². The number of imidazole rings is 1. The number of amides is 1. The van der Waals surface area contributed by atoms with E-state index in [0.29, 0.717) is 19.4 Å². The first kappa shape index (κ1) is 23.9. The Bertz CT molecular complexity index is 1290. The van der Waals surface area contributed by atoms with Gasteiger partial charge in [0.1, 0.15) is 0 Å². The van der Waals surface area contributed by atoms with Crippen LogP contribution in [0.5, 0.6) is 0 Å². The lowest BCUT2D eigenvalue weighted by molar-refractivity contribution is -0.120. The lowest BCUT2D eigenvalue weighted by Crippen LogP contribution is -2.42. The van der Waals surface area contributed by atoms with Crippen molar-refractivity contribution < 1.29 is 9.59 Å². The summed E-state index contributed by atoms with van der Waals surface area (Å²) < 4.78 is 0. The van der Waals surface area contributed by atoms with Crippen LogP contribution in [-0.4, -0.2) is 34.7 Å². The minimum atomic E-state index is -0.362. The second kappa shape index (κ2) is 9.64. The van der Waals surface area contributed by atoms with Crippen LogP contribution in [0.15, 0.2) is 72.3 Å². The normalized spacial score (nSPS) is 18.7. The molecule has 0 saturated heterocycles. The zero-order valence-electron chi connectivity index (χ0n) is 21.1. The summed E-state index contributed by atoms with van der Waals surface area (Å²) in [6.07, 6.45) is 5.33. The number of H-pyrrole nitrogens is 1. The van der Waals surface area contributed by atoms with Gasteiger partial charge in [-0.1, -0.05) is 55.8 Å². The van der Waals surface area contributed by atoms with Gasteiger partial charge < -0.3 is 20.5 Å². The molecule has 7 nitrogen and oxygen atoms in total. The van der Waals surface area contributed by atoms with E-state index in [4.69, 9.17) is 0 Å². The zero-order chi connectivity index (χ0) is 25.3. The van der Waals surface area contributed by atoms with Gasteiger partial charge in [0.05, 0.1) is 30.3 Å².